The van der Waals surface area contributed by atoms with Crippen LogP contribution in [0.3, 0.4) is 0 Å². The minimum atomic E-state index is -0.356. The summed E-state index contributed by atoms with van der Waals surface area (Å²) in [7, 11) is 0. The Morgan fingerprint density at radius 1 is 1.17 bits per heavy atom. The van der Waals surface area contributed by atoms with Gasteiger partial charge in [-0.25, -0.2) is 0 Å². The van der Waals surface area contributed by atoms with Crippen LogP contribution in [0.2, 0.25) is 4.34 Å². The van der Waals surface area contributed by atoms with E-state index >= 15 is 0 Å². The third kappa shape index (κ3) is 3.29. The van der Waals surface area contributed by atoms with Crippen molar-refractivity contribution >= 4 is 28.8 Å². The molecule has 4 nitrogen and oxygen atoms in total. The van der Waals surface area contributed by atoms with E-state index in [0.29, 0.717) is 6.42 Å². The number of piperazine rings is 1. The van der Waals surface area contributed by atoms with Crippen molar-refractivity contribution in [2.24, 2.45) is 0 Å². The Balaban J connectivity index is 1.31. The number of halogens is 1. The fourth-order valence-electron chi connectivity index (χ4n) is 3.31. The fourth-order valence-corrected chi connectivity index (χ4v) is 4.44. The first-order chi connectivity index (χ1) is 11.7. The number of amides is 1. The van der Waals surface area contributed by atoms with Gasteiger partial charge >= 0.3 is 0 Å². The Morgan fingerprint density at radius 3 is 2.67 bits per heavy atom. The van der Waals surface area contributed by atoms with Gasteiger partial charge in [-0.15, -0.1) is 11.3 Å². The van der Waals surface area contributed by atoms with Gasteiger partial charge in [0.05, 0.1) is 4.34 Å². The van der Waals surface area contributed by atoms with E-state index < -0.39 is 0 Å². The molecular formula is C18H19ClN2O2S. The highest BCUT2D eigenvalue weighted by atomic mass is 35.5. The molecule has 1 aromatic heterocycles. The van der Waals surface area contributed by atoms with E-state index in [1.807, 2.05) is 35.2 Å². The number of ether oxygens (including phenoxy) is 1. The van der Waals surface area contributed by atoms with E-state index in [4.69, 9.17) is 16.3 Å². The number of para-hydroxylation sites is 1. The fraction of sp³-hybridized carbons (Fsp3) is 0.389. The van der Waals surface area contributed by atoms with Crippen LogP contribution < -0.4 is 4.74 Å². The summed E-state index contributed by atoms with van der Waals surface area (Å²) in [6, 6.07) is 11.9. The lowest BCUT2D eigenvalue weighted by molar-refractivity contribution is -0.139. The number of fused-ring (bicyclic) bond motifs is 1. The minimum absolute atomic E-state index is 0.116. The standard InChI is InChI=1S/C18H19ClN2O2S/c19-17-6-5-14(24-17)12-20-7-9-21(10-8-20)18(22)16-11-13-3-1-2-4-15(13)23-16/h1-6,16H,7-12H2. The monoisotopic (exact) mass is 362 g/mol. The second-order valence-electron chi connectivity index (χ2n) is 6.23. The molecule has 2 aliphatic rings. The summed E-state index contributed by atoms with van der Waals surface area (Å²) in [6.45, 7) is 4.20. The molecule has 0 saturated carbocycles. The number of hydrogen-bond acceptors (Lipinski definition) is 4. The average molecular weight is 363 g/mol. The third-order valence-electron chi connectivity index (χ3n) is 4.61. The number of nitrogens with zero attached hydrogens (tertiary/aromatic N) is 2. The molecule has 1 unspecified atom stereocenters. The molecule has 2 aromatic rings. The van der Waals surface area contributed by atoms with E-state index in [1.165, 1.54) is 4.88 Å². The molecule has 1 saturated heterocycles. The van der Waals surface area contributed by atoms with Crippen LogP contribution in [0.25, 0.3) is 0 Å². The zero-order valence-corrected chi connectivity index (χ0v) is 14.9. The van der Waals surface area contributed by atoms with Crippen LogP contribution in [-0.4, -0.2) is 48.0 Å². The van der Waals surface area contributed by atoms with Gasteiger partial charge in [0.2, 0.25) is 0 Å². The molecule has 0 N–H and O–H groups in total. The summed E-state index contributed by atoms with van der Waals surface area (Å²) in [5, 5.41) is 0. The van der Waals surface area contributed by atoms with Crippen molar-refractivity contribution in [2.45, 2.75) is 19.1 Å². The Kier molecular flexibility index (Phi) is 4.48. The summed E-state index contributed by atoms with van der Waals surface area (Å²) in [5.41, 5.74) is 1.13. The topological polar surface area (TPSA) is 32.8 Å². The molecule has 0 bridgehead atoms. The van der Waals surface area contributed by atoms with Crippen molar-refractivity contribution in [1.82, 2.24) is 9.80 Å². The van der Waals surface area contributed by atoms with Gasteiger partial charge in [0.25, 0.3) is 5.91 Å². The van der Waals surface area contributed by atoms with Crippen LogP contribution in [0.1, 0.15) is 10.4 Å². The first-order valence-corrected chi connectivity index (χ1v) is 9.38. The highest BCUT2D eigenvalue weighted by molar-refractivity contribution is 7.16. The van der Waals surface area contributed by atoms with Gasteiger partial charge in [0.1, 0.15) is 5.75 Å². The van der Waals surface area contributed by atoms with Crippen LogP contribution in [0, 0.1) is 0 Å². The lowest BCUT2D eigenvalue weighted by Crippen LogP contribution is -2.51. The SMILES string of the molecule is O=C(C1Cc2ccccc2O1)N1CCN(Cc2ccc(Cl)s2)CC1. The number of carbonyl (C=O) groups is 1. The molecule has 3 heterocycles. The first kappa shape index (κ1) is 15.9. The number of thiophene rings is 1. The lowest BCUT2D eigenvalue weighted by Gasteiger charge is -2.35. The first-order valence-electron chi connectivity index (χ1n) is 8.19. The summed E-state index contributed by atoms with van der Waals surface area (Å²) >= 11 is 7.61. The second kappa shape index (κ2) is 6.75. The molecule has 0 spiro atoms. The molecule has 1 aromatic carbocycles. The smallest absolute Gasteiger partial charge is 0.264 e. The van der Waals surface area contributed by atoms with Gasteiger partial charge in [-0.3, -0.25) is 9.69 Å². The van der Waals surface area contributed by atoms with Gasteiger partial charge in [-0.1, -0.05) is 29.8 Å². The largest absolute Gasteiger partial charge is 0.480 e. The molecule has 24 heavy (non-hydrogen) atoms. The highest BCUT2D eigenvalue weighted by Crippen LogP contribution is 2.29. The van der Waals surface area contributed by atoms with Gasteiger partial charge < -0.3 is 9.64 Å². The quantitative estimate of drug-likeness (QED) is 0.841. The maximum atomic E-state index is 12.7. The van der Waals surface area contributed by atoms with E-state index in [0.717, 1.165) is 48.4 Å². The predicted molar refractivity (Wildman–Crippen MR) is 95.7 cm³/mol. The summed E-state index contributed by atoms with van der Waals surface area (Å²) < 4.78 is 6.66. The summed E-state index contributed by atoms with van der Waals surface area (Å²) in [5.74, 6) is 0.967. The predicted octanol–water partition coefficient (Wildman–Crippen LogP) is 3.05. The summed E-state index contributed by atoms with van der Waals surface area (Å²) in [6.07, 6.45) is 0.327. The van der Waals surface area contributed by atoms with Crippen LogP contribution in [-0.2, 0) is 17.8 Å². The number of rotatable bonds is 3. The van der Waals surface area contributed by atoms with E-state index in [-0.39, 0.29) is 12.0 Å². The molecule has 126 valence electrons. The summed E-state index contributed by atoms with van der Waals surface area (Å²) in [4.78, 5) is 18.3. The van der Waals surface area contributed by atoms with Crippen molar-refractivity contribution in [2.75, 3.05) is 26.2 Å². The Labute approximate surface area is 150 Å². The lowest BCUT2D eigenvalue weighted by atomic mass is 10.1. The van der Waals surface area contributed by atoms with Crippen molar-refractivity contribution in [3.05, 3.63) is 51.2 Å². The molecule has 2 aliphatic heterocycles. The Hall–Kier alpha value is -1.56. The number of carbonyl (C=O) groups excluding carboxylic acids is 1. The van der Waals surface area contributed by atoms with Crippen molar-refractivity contribution in [3.63, 3.8) is 0 Å². The van der Waals surface area contributed by atoms with Gasteiger partial charge in [-0.05, 0) is 23.8 Å². The highest BCUT2D eigenvalue weighted by Gasteiger charge is 2.33. The van der Waals surface area contributed by atoms with Crippen LogP contribution in [0.5, 0.6) is 5.75 Å². The van der Waals surface area contributed by atoms with Crippen molar-refractivity contribution in [1.29, 1.82) is 0 Å². The van der Waals surface area contributed by atoms with Crippen LogP contribution in [0.4, 0.5) is 0 Å². The molecule has 1 amide bonds. The molecule has 1 atom stereocenters. The van der Waals surface area contributed by atoms with Gasteiger partial charge in [0, 0.05) is 44.0 Å². The van der Waals surface area contributed by atoms with E-state index in [1.54, 1.807) is 11.3 Å². The molecule has 1 fully saturated rings. The molecule has 0 radical (unpaired) electrons. The Morgan fingerprint density at radius 2 is 1.96 bits per heavy atom. The maximum absolute atomic E-state index is 12.7. The third-order valence-corrected chi connectivity index (χ3v) is 5.83. The van der Waals surface area contributed by atoms with Crippen LogP contribution in [0.15, 0.2) is 36.4 Å². The molecule has 4 rings (SSSR count). The minimum Gasteiger partial charge on any atom is -0.480 e. The molecule has 0 aliphatic carbocycles. The Bertz CT molecular complexity index is 715. The normalized spacial score (nSPS) is 20.7. The van der Waals surface area contributed by atoms with Crippen molar-refractivity contribution in [3.8, 4) is 5.75 Å². The average Bonchev–Trinajstić information content (AvgIpc) is 3.21. The van der Waals surface area contributed by atoms with E-state index in [2.05, 4.69) is 11.0 Å². The van der Waals surface area contributed by atoms with Gasteiger partial charge in [-0.2, -0.15) is 0 Å². The van der Waals surface area contributed by atoms with Crippen LogP contribution >= 0.6 is 22.9 Å². The van der Waals surface area contributed by atoms with Crippen molar-refractivity contribution < 1.29 is 9.53 Å². The van der Waals surface area contributed by atoms with E-state index in [9.17, 15) is 4.79 Å². The number of hydrogen-bond donors (Lipinski definition) is 0. The molecular weight excluding hydrogens is 344 g/mol. The number of benzene rings is 1. The zero-order chi connectivity index (χ0) is 16.5. The zero-order valence-electron chi connectivity index (χ0n) is 13.3. The second-order valence-corrected chi connectivity index (χ2v) is 8.03. The molecule has 6 heteroatoms. The van der Waals surface area contributed by atoms with Gasteiger partial charge in [0.15, 0.2) is 6.10 Å². The maximum Gasteiger partial charge on any atom is 0.264 e.